The third-order valence-electron chi connectivity index (χ3n) is 3.50. The summed E-state index contributed by atoms with van der Waals surface area (Å²) in [6.07, 6.45) is 0. The van der Waals surface area contributed by atoms with Gasteiger partial charge in [-0.25, -0.2) is 0 Å². The highest BCUT2D eigenvalue weighted by Gasteiger charge is 2.24. The van der Waals surface area contributed by atoms with Crippen LogP contribution in [0, 0.1) is 0 Å². The van der Waals surface area contributed by atoms with E-state index in [1.807, 2.05) is 18.2 Å². The SMILES string of the molecule is Clc1ccc2c(c1)Sc1ccccc1N2c1ccccc1. The molecule has 3 aromatic carbocycles. The van der Waals surface area contributed by atoms with Gasteiger partial charge in [0.05, 0.1) is 11.4 Å². The molecule has 0 amide bonds. The van der Waals surface area contributed by atoms with Gasteiger partial charge in [0, 0.05) is 20.5 Å². The third-order valence-corrected chi connectivity index (χ3v) is 4.85. The van der Waals surface area contributed by atoms with Crippen molar-refractivity contribution in [2.45, 2.75) is 9.79 Å². The number of rotatable bonds is 1. The van der Waals surface area contributed by atoms with Crippen molar-refractivity contribution in [1.82, 2.24) is 0 Å². The maximum atomic E-state index is 6.17. The second-order valence-corrected chi connectivity index (χ2v) is 6.37. The molecule has 3 heteroatoms. The van der Waals surface area contributed by atoms with Crippen LogP contribution in [0.4, 0.5) is 17.1 Å². The minimum Gasteiger partial charge on any atom is -0.308 e. The lowest BCUT2D eigenvalue weighted by Crippen LogP contribution is -2.14. The second-order valence-electron chi connectivity index (χ2n) is 4.85. The van der Waals surface area contributed by atoms with E-state index in [1.54, 1.807) is 11.8 Å². The summed E-state index contributed by atoms with van der Waals surface area (Å²) in [4.78, 5) is 4.72. The van der Waals surface area contributed by atoms with Gasteiger partial charge in [0.1, 0.15) is 0 Å². The molecule has 0 spiro atoms. The predicted octanol–water partition coefficient (Wildman–Crippen LogP) is 6.27. The minimum atomic E-state index is 0.772. The first-order chi connectivity index (χ1) is 10.3. The first-order valence-corrected chi connectivity index (χ1v) is 7.94. The average Bonchev–Trinajstić information content (AvgIpc) is 2.53. The molecule has 0 aromatic heterocycles. The maximum Gasteiger partial charge on any atom is 0.0602 e. The molecule has 21 heavy (non-hydrogen) atoms. The Morgan fingerprint density at radius 3 is 2.29 bits per heavy atom. The Bertz CT molecular complexity index is 801. The summed E-state index contributed by atoms with van der Waals surface area (Å²) in [5.41, 5.74) is 3.55. The Balaban J connectivity index is 1.97. The van der Waals surface area contributed by atoms with E-state index in [2.05, 4.69) is 59.5 Å². The molecular weight excluding hydrogens is 298 g/mol. The normalized spacial score (nSPS) is 12.7. The van der Waals surface area contributed by atoms with Gasteiger partial charge in [-0.2, -0.15) is 0 Å². The van der Waals surface area contributed by atoms with Crippen LogP contribution in [0.15, 0.2) is 82.6 Å². The number of benzene rings is 3. The van der Waals surface area contributed by atoms with Crippen LogP contribution in [-0.2, 0) is 0 Å². The molecule has 1 aliphatic heterocycles. The lowest BCUT2D eigenvalue weighted by atomic mass is 10.2. The van der Waals surface area contributed by atoms with Crippen molar-refractivity contribution in [3.8, 4) is 0 Å². The summed E-state index contributed by atoms with van der Waals surface area (Å²) in [5, 5.41) is 0.772. The molecule has 0 N–H and O–H groups in total. The molecule has 102 valence electrons. The lowest BCUT2D eigenvalue weighted by Gasteiger charge is -2.32. The molecule has 3 aromatic rings. The monoisotopic (exact) mass is 309 g/mol. The Labute approximate surface area is 133 Å². The molecule has 0 saturated heterocycles. The summed E-state index contributed by atoms with van der Waals surface area (Å²) in [5.74, 6) is 0. The summed E-state index contributed by atoms with van der Waals surface area (Å²) in [6, 6.07) is 25.0. The largest absolute Gasteiger partial charge is 0.308 e. The van der Waals surface area contributed by atoms with E-state index in [1.165, 1.54) is 21.2 Å². The molecular formula is C18H12ClNS. The fraction of sp³-hybridized carbons (Fsp3) is 0. The van der Waals surface area contributed by atoms with Crippen LogP contribution >= 0.6 is 23.4 Å². The highest BCUT2D eigenvalue weighted by Crippen LogP contribution is 2.51. The number of nitrogens with zero attached hydrogens (tertiary/aromatic N) is 1. The van der Waals surface area contributed by atoms with Gasteiger partial charge in [0.25, 0.3) is 0 Å². The van der Waals surface area contributed by atoms with Crippen LogP contribution in [0.25, 0.3) is 0 Å². The fourth-order valence-corrected chi connectivity index (χ4v) is 3.92. The predicted molar refractivity (Wildman–Crippen MR) is 90.3 cm³/mol. The molecule has 1 heterocycles. The Kier molecular flexibility index (Phi) is 3.13. The second kappa shape index (κ2) is 5.14. The smallest absolute Gasteiger partial charge is 0.0602 e. The summed E-state index contributed by atoms with van der Waals surface area (Å²) < 4.78 is 0. The zero-order valence-electron chi connectivity index (χ0n) is 11.2. The van der Waals surface area contributed by atoms with Gasteiger partial charge in [-0.1, -0.05) is 53.7 Å². The van der Waals surface area contributed by atoms with Crippen LogP contribution in [0.2, 0.25) is 5.02 Å². The summed E-state index contributed by atoms with van der Waals surface area (Å²) in [7, 11) is 0. The Morgan fingerprint density at radius 2 is 1.43 bits per heavy atom. The number of fused-ring (bicyclic) bond motifs is 2. The highest BCUT2D eigenvalue weighted by molar-refractivity contribution is 7.99. The van der Waals surface area contributed by atoms with E-state index in [-0.39, 0.29) is 0 Å². The van der Waals surface area contributed by atoms with Crippen LogP contribution in [-0.4, -0.2) is 0 Å². The van der Waals surface area contributed by atoms with Crippen molar-refractivity contribution in [2.24, 2.45) is 0 Å². The number of anilines is 3. The molecule has 0 saturated carbocycles. The topological polar surface area (TPSA) is 3.24 Å². The Hall–Kier alpha value is -1.90. The van der Waals surface area contributed by atoms with E-state index in [9.17, 15) is 0 Å². The number of halogens is 1. The molecule has 0 radical (unpaired) electrons. The van der Waals surface area contributed by atoms with Gasteiger partial charge in [-0.15, -0.1) is 0 Å². The van der Waals surface area contributed by atoms with E-state index in [0.29, 0.717) is 0 Å². The molecule has 1 aliphatic rings. The molecule has 1 nitrogen and oxygen atoms in total. The van der Waals surface area contributed by atoms with Crippen LogP contribution < -0.4 is 4.90 Å². The van der Waals surface area contributed by atoms with Gasteiger partial charge in [-0.3, -0.25) is 0 Å². The number of hydrogen-bond donors (Lipinski definition) is 0. The van der Waals surface area contributed by atoms with Crippen molar-refractivity contribution in [3.63, 3.8) is 0 Å². The van der Waals surface area contributed by atoms with Crippen LogP contribution in [0.3, 0.4) is 0 Å². The van der Waals surface area contributed by atoms with Gasteiger partial charge in [-0.05, 0) is 42.5 Å². The lowest BCUT2D eigenvalue weighted by molar-refractivity contribution is 1.17. The maximum absolute atomic E-state index is 6.17. The third kappa shape index (κ3) is 2.21. The quantitative estimate of drug-likeness (QED) is 0.407. The minimum absolute atomic E-state index is 0.772. The molecule has 4 rings (SSSR count). The Morgan fingerprint density at radius 1 is 0.714 bits per heavy atom. The van der Waals surface area contributed by atoms with Crippen molar-refractivity contribution in [1.29, 1.82) is 0 Å². The van der Waals surface area contributed by atoms with E-state index in [0.717, 1.165) is 10.7 Å². The molecule has 0 unspecified atom stereocenters. The van der Waals surface area contributed by atoms with Crippen LogP contribution in [0.1, 0.15) is 0 Å². The van der Waals surface area contributed by atoms with Crippen molar-refractivity contribution in [3.05, 3.63) is 77.8 Å². The van der Waals surface area contributed by atoms with Crippen molar-refractivity contribution >= 4 is 40.4 Å². The van der Waals surface area contributed by atoms with Gasteiger partial charge >= 0.3 is 0 Å². The number of hydrogen-bond acceptors (Lipinski definition) is 2. The molecule has 0 fully saturated rings. The van der Waals surface area contributed by atoms with Gasteiger partial charge < -0.3 is 4.90 Å². The highest BCUT2D eigenvalue weighted by atomic mass is 35.5. The first kappa shape index (κ1) is 12.8. The zero-order chi connectivity index (χ0) is 14.2. The standard InChI is InChI=1S/C18H12ClNS/c19-13-10-11-16-18(12-13)21-17-9-5-4-8-15(17)20(16)14-6-2-1-3-7-14/h1-12H. The fourth-order valence-electron chi connectivity index (χ4n) is 2.59. The average molecular weight is 310 g/mol. The summed E-state index contributed by atoms with van der Waals surface area (Å²) in [6.45, 7) is 0. The van der Waals surface area contributed by atoms with Crippen LogP contribution in [0.5, 0.6) is 0 Å². The number of para-hydroxylation sites is 2. The summed E-state index contributed by atoms with van der Waals surface area (Å²) >= 11 is 7.93. The zero-order valence-corrected chi connectivity index (χ0v) is 12.7. The van der Waals surface area contributed by atoms with Gasteiger partial charge in [0.15, 0.2) is 0 Å². The molecule has 0 atom stereocenters. The molecule has 0 bridgehead atoms. The molecule has 0 aliphatic carbocycles. The van der Waals surface area contributed by atoms with Crippen molar-refractivity contribution < 1.29 is 0 Å². The van der Waals surface area contributed by atoms with Crippen molar-refractivity contribution in [2.75, 3.05) is 4.90 Å². The van der Waals surface area contributed by atoms with E-state index < -0.39 is 0 Å². The van der Waals surface area contributed by atoms with E-state index in [4.69, 9.17) is 11.6 Å². The van der Waals surface area contributed by atoms with E-state index >= 15 is 0 Å². The van der Waals surface area contributed by atoms with Gasteiger partial charge in [0.2, 0.25) is 0 Å². The first-order valence-electron chi connectivity index (χ1n) is 6.74.